The molecule has 0 N–H and O–H groups in total. The number of rotatable bonds is 2. The Hall–Kier alpha value is -0.530. The molecule has 1 aliphatic rings. The molecular weight excluding hydrogens is 138 g/mol. The number of oxime groups is 1. The zero-order valence-corrected chi connectivity index (χ0v) is 7.63. The number of nitrogens with zero attached hydrogens (tertiary/aromatic N) is 1. The lowest BCUT2D eigenvalue weighted by Crippen LogP contribution is -2.17. The highest BCUT2D eigenvalue weighted by molar-refractivity contribution is 5.60. The molecular formula is C9H17NO. The van der Waals surface area contributed by atoms with E-state index in [1.54, 1.807) is 0 Å². The van der Waals surface area contributed by atoms with E-state index < -0.39 is 0 Å². The highest BCUT2D eigenvalue weighted by Gasteiger charge is 2.15. The van der Waals surface area contributed by atoms with Gasteiger partial charge in [-0.1, -0.05) is 11.6 Å². The SMILES string of the molecule is CC(C)(C)ON=CC1CCC1. The summed E-state index contributed by atoms with van der Waals surface area (Å²) in [4.78, 5) is 5.21. The van der Waals surface area contributed by atoms with Crippen LogP contribution in [0.15, 0.2) is 5.16 Å². The van der Waals surface area contributed by atoms with Gasteiger partial charge in [-0.05, 0) is 39.5 Å². The van der Waals surface area contributed by atoms with Gasteiger partial charge in [-0.25, -0.2) is 0 Å². The molecule has 0 unspecified atom stereocenters. The van der Waals surface area contributed by atoms with Gasteiger partial charge in [-0.3, -0.25) is 0 Å². The Labute approximate surface area is 68.6 Å². The number of hydrogen-bond donors (Lipinski definition) is 0. The lowest BCUT2D eigenvalue weighted by molar-refractivity contribution is 0.000780. The molecule has 0 aromatic rings. The van der Waals surface area contributed by atoms with Crippen molar-refractivity contribution in [3.8, 4) is 0 Å². The smallest absolute Gasteiger partial charge is 0.129 e. The molecule has 2 nitrogen and oxygen atoms in total. The second-order valence-electron chi connectivity index (χ2n) is 4.15. The highest BCUT2D eigenvalue weighted by atomic mass is 16.6. The molecule has 0 aromatic heterocycles. The van der Waals surface area contributed by atoms with Crippen LogP contribution in [0.1, 0.15) is 40.0 Å². The van der Waals surface area contributed by atoms with Gasteiger partial charge in [0.15, 0.2) is 0 Å². The minimum Gasteiger partial charge on any atom is -0.390 e. The van der Waals surface area contributed by atoms with Crippen LogP contribution < -0.4 is 0 Å². The Kier molecular flexibility index (Phi) is 2.53. The van der Waals surface area contributed by atoms with Crippen molar-refractivity contribution in [2.45, 2.75) is 45.6 Å². The topological polar surface area (TPSA) is 21.6 Å². The van der Waals surface area contributed by atoms with Crippen LogP contribution in [-0.2, 0) is 4.84 Å². The monoisotopic (exact) mass is 155 g/mol. The van der Waals surface area contributed by atoms with Crippen LogP contribution in [0.2, 0.25) is 0 Å². The predicted molar refractivity (Wildman–Crippen MR) is 46.7 cm³/mol. The van der Waals surface area contributed by atoms with Crippen molar-refractivity contribution in [3.05, 3.63) is 0 Å². The molecule has 1 rings (SSSR count). The summed E-state index contributed by atoms with van der Waals surface area (Å²) in [6, 6.07) is 0. The van der Waals surface area contributed by atoms with Gasteiger partial charge in [-0.15, -0.1) is 0 Å². The summed E-state index contributed by atoms with van der Waals surface area (Å²) in [6.07, 6.45) is 5.87. The van der Waals surface area contributed by atoms with Crippen molar-refractivity contribution in [1.29, 1.82) is 0 Å². The Morgan fingerprint density at radius 3 is 2.36 bits per heavy atom. The number of hydrogen-bond acceptors (Lipinski definition) is 2. The van der Waals surface area contributed by atoms with Gasteiger partial charge in [-0.2, -0.15) is 0 Å². The molecule has 1 aliphatic carbocycles. The average Bonchev–Trinajstić information content (AvgIpc) is 1.73. The van der Waals surface area contributed by atoms with Crippen LogP contribution in [-0.4, -0.2) is 11.8 Å². The molecule has 2 heteroatoms. The molecule has 0 spiro atoms. The van der Waals surface area contributed by atoms with Crippen molar-refractivity contribution in [2.24, 2.45) is 11.1 Å². The molecule has 0 aliphatic heterocycles. The molecule has 0 bridgehead atoms. The fourth-order valence-corrected chi connectivity index (χ4v) is 0.864. The third-order valence-corrected chi connectivity index (χ3v) is 1.75. The molecule has 64 valence electrons. The highest BCUT2D eigenvalue weighted by Crippen LogP contribution is 2.24. The van der Waals surface area contributed by atoms with Crippen LogP contribution >= 0.6 is 0 Å². The molecule has 1 saturated carbocycles. The minimum absolute atomic E-state index is 0.139. The quantitative estimate of drug-likeness (QED) is 0.443. The van der Waals surface area contributed by atoms with Gasteiger partial charge in [0.05, 0.1) is 0 Å². The zero-order valence-electron chi connectivity index (χ0n) is 7.63. The molecule has 0 atom stereocenters. The van der Waals surface area contributed by atoms with Crippen molar-refractivity contribution < 1.29 is 4.84 Å². The molecule has 1 fully saturated rings. The van der Waals surface area contributed by atoms with Crippen LogP contribution in [0.5, 0.6) is 0 Å². The fourth-order valence-electron chi connectivity index (χ4n) is 0.864. The maximum absolute atomic E-state index is 5.21. The van der Waals surface area contributed by atoms with Crippen molar-refractivity contribution in [3.63, 3.8) is 0 Å². The van der Waals surface area contributed by atoms with E-state index in [9.17, 15) is 0 Å². The first-order valence-electron chi connectivity index (χ1n) is 4.29. The second-order valence-corrected chi connectivity index (χ2v) is 4.15. The van der Waals surface area contributed by atoms with Crippen LogP contribution in [0.3, 0.4) is 0 Å². The first-order valence-corrected chi connectivity index (χ1v) is 4.29. The third-order valence-electron chi connectivity index (χ3n) is 1.75. The third kappa shape index (κ3) is 3.40. The standard InChI is InChI=1S/C9H17NO/c1-9(2,3)11-10-7-8-5-4-6-8/h7-8H,4-6H2,1-3H3. The van der Waals surface area contributed by atoms with E-state index in [1.165, 1.54) is 19.3 Å². The summed E-state index contributed by atoms with van der Waals surface area (Å²) in [5, 5.41) is 3.94. The van der Waals surface area contributed by atoms with Gasteiger partial charge in [0.1, 0.15) is 5.60 Å². The first-order chi connectivity index (χ1) is 5.08. The summed E-state index contributed by atoms with van der Waals surface area (Å²) in [7, 11) is 0. The fraction of sp³-hybridized carbons (Fsp3) is 0.889. The molecule has 0 saturated heterocycles. The molecule has 0 aromatic carbocycles. The maximum Gasteiger partial charge on any atom is 0.129 e. The van der Waals surface area contributed by atoms with E-state index in [4.69, 9.17) is 4.84 Å². The van der Waals surface area contributed by atoms with Gasteiger partial charge in [0, 0.05) is 6.21 Å². The summed E-state index contributed by atoms with van der Waals surface area (Å²) in [5.41, 5.74) is -0.139. The van der Waals surface area contributed by atoms with Crippen molar-refractivity contribution in [1.82, 2.24) is 0 Å². The average molecular weight is 155 g/mol. The van der Waals surface area contributed by atoms with E-state index in [1.807, 2.05) is 27.0 Å². The van der Waals surface area contributed by atoms with Gasteiger partial charge in [0.2, 0.25) is 0 Å². The van der Waals surface area contributed by atoms with Crippen LogP contribution in [0, 0.1) is 5.92 Å². The van der Waals surface area contributed by atoms with E-state index >= 15 is 0 Å². The summed E-state index contributed by atoms with van der Waals surface area (Å²) >= 11 is 0. The maximum atomic E-state index is 5.21. The van der Waals surface area contributed by atoms with Crippen LogP contribution in [0.25, 0.3) is 0 Å². The van der Waals surface area contributed by atoms with Crippen molar-refractivity contribution in [2.75, 3.05) is 0 Å². The Morgan fingerprint density at radius 2 is 2.00 bits per heavy atom. The Bertz CT molecular complexity index is 142. The molecule has 0 heterocycles. The van der Waals surface area contributed by atoms with Gasteiger partial charge >= 0.3 is 0 Å². The minimum atomic E-state index is -0.139. The normalized spacial score (nSPS) is 20.3. The largest absolute Gasteiger partial charge is 0.390 e. The van der Waals surface area contributed by atoms with E-state index in [0.717, 1.165) is 0 Å². The van der Waals surface area contributed by atoms with Crippen LogP contribution in [0.4, 0.5) is 0 Å². The lowest BCUT2D eigenvalue weighted by Gasteiger charge is -2.21. The molecule has 0 radical (unpaired) electrons. The predicted octanol–water partition coefficient (Wildman–Crippen LogP) is 2.59. The van der Waals surface area contributed by atoms with E-state index in [0.29, 0.717) is 5.92 Å². The summed E-state index contributed by atoms with van der Waals surface area (Å²) in [6.45, 7) is 6.02. The molecule has 0 amide bonds. The Balaban J connectivity index is 2.14. The molecule has 11 heavy (non-hydrogen) atoms. The van der Waals surface area contributed by atoms with E-state index in [2.05, 4.69) is 5.16 Å². The Morgan fingerprint density at radius 1 is 1.36 bits per heavy atom. The van der Waals surface area contributed by atoms with E-state index in [-0.39, 0.29) is 5.60 Å². The van der Waals surface area contributed by atoms with Gasteiger partial charge in [0.25, 0.3) is 0 Å². The zero-order chi connectivity index (χ0) is 8.32. The lowest BCUT2D eigenvalue weighted by atomic mass is 9.87. The van der Waals surface area contributed by atoms with Crippen molar-refractivity contribution >= 4 is 6.21 Å². The first kappa shape index (κ1) is 8.57. The summed E-state index contributed by atoms with van der Waals surface area (Å²) < 4.78 is 0. The summed E-state index contributed by atoms with van der Waals surface area (Å²) in [5.74, 6) is 0.692. The van der Waals surface area contributed by atoms with Gasteiger partial charge < -0.3 is 4.84 Å². The second kappa shape index (κ2) is 3.24.